The molecule has 0 bridgehead atoms. The van der Waals surface area contributed by atoms with Crippen molar-refractivity contribution in [3.8, 4) is 5.88 Å². The van der Waals surface area contributed by atoms with E-state index in [-0.39, 0.29) is 0 Å². The first-order chi connectivity index (χ1) is 9.21. The van der Waals surface area contributed by atoms with E-state index in [9.17, 15) is 0 Å². The quantitative estimate of drug-likeness (QED) is 0.853. The molecule has 0 amide bonds. The molecule has 1 aromatic carbocycles. The highest BCUT2D eigenvalue weighted by atomic mass is 35.5. The molecule has 0 aliphatic heterocycles. The average molecular weight is 278 g/mol. The molecule has 100 valence electrons. The molecule has 0 spiro atoms. The van der Waals surface area contributed by atoms with Gasteiger partial charge >= 0.3 is 0 Å². The zero-order valence-corrected chi connectivity index (χ0v) is 11.7. The normalized spacial score (nSPS) is 10.3. The van der Waals surface area contributed by atoms with Gasteiger partial charge in [-0.2, -0.15) is 4.98 Å². The molecule has 2 rings (SSSR count). The summed E-state index contributed by atoms with van der Waals surface area (Å²) in [6.45, 7) is 2.57. The van der Waals surface area contributed by atoms with Gasteiger partial charge in [0.1, 0.15) is 0 Å². The Kier molecular flexibility index (Phi) is 4.58. The van der Waals surface area contributed by atoms with Crippen LogP contribution in [-0.2, 0) is 12.4 Å². The molecular weight excluding hydrogens is 262 g/mol. The van der Waals surface area contributed by atoms with Crippen LogP contribution in [0.1, 0.15) is 16.8 Å². The summed E-state index contributed by atoms with van der Waals surface area (Å²) in [6, 6.07) is 9.90. The summed E-state index contributed by atoms with van der Waals surface area (Å²) in [5.74, 6) is 1.66. The minimum Gasteiger partial charge on any atom is -0.481 e. The number of aryl methyl sites for hydroxylation is 1. The fraction of sp³-hybridized carbons (Fsp3) is 0.286. The predicted molar refractivity (Wildman–Crippen MR) is 76.6 cm³/mol. The largest absolute Gasteiger partial charge is 0.481 e. The Balaban J connectivity index is 2.03. The number of rotatable bonds is 5. The van der Waals surface area contributed by atoms with Gasteiger partial charge in [0.05, 0.1) is 7.11 Å². The Labute approximate surface area is 117 Å². The summed E-state index contributed by atoms with van der Waals surface area (Å²) >= 11 is 5.75. The SMILES string of the molecule is COc1cc(C)nc(NCc2ccc(CCl)cc2)n1. The highest BCUT2D eigenvalue weighted by molar-refractivity contribution is 6.17. The molecule has 0 unspecified atom stereocenters. The second-order valence-corrected chi connectivity index (χ2v) is 4.45. The highest BCUT2D eigenvalue weighted by Gasteiger charge is 2.02. The van der Waals surface area contributed by atoms with Crippen molar-refractivity contribution in [2.75, 3.05) is 12.4 Å². The number of hydrogen-bond acceptors (Lipinski definition) is 4. The van der Waals surface area contributed by atoms with Gasteiger partial charge in [0.15, 0.2) is 0 Å². The molecule has 0 aliphatic rings. The summed E-state index contributed by atoms with van der Waals surface area (Å²) in [5, 5.41) is 3.18. The summed E-state index contributed by atoms with van der Waals surface area (Å²) < 4.78 is 5.11. The standard InChI is InChI=1S/C14H16ClN3O/c1-10-7-13(19-2)18-14(17-10)16-9-12-5-3-11(8-15)4-6-12/h3-7H,8-9H2,1-2H3,(H,16,17,18). The van der Waals surface area contributed by atoms with Gasteiger partial charge in [-0.3, -0.25) is 0 Å². The zero-order valence-electron chi connectivity index (χ0n) is 11.0. The molecule has 0 fully saturated rings. The predicted octanol–water partition coefficient (Wildman–Crippen LogP) is 3.14. The summed E-state index contributed by atoms with van der Waals surface area (Å²) in [7, 11) is 1.59. The number of hydrogen-bond donors (Lipinski definition) is 1. The van der Waals surface area contributed by atoms with Crippen LogP contribution in [0.5, 0.6) is 5.88 Å². The third-order valence-corrected chi connectivity index (χ3v) is 2.98. The van der Waals surface area contributed by atoms with Gasteiger partial charge in [0.25, 0.3) is 0 Å². The minimum atomic E-state index is 0.534. The number of nitrogens with one attached hydrogen (secondary N) is 1. The van der Waals surface area contributed by atoms with E-state index in [4.69, 9.17) is 16.3 Å². The summed E-state index contributed by atoms with van der Waals surface area (Å²) in [6.07, 6.45) is 0. The molecule has 1 heterocycles. The van der Waals surface area contributed by atoms with E-state index in [1.54, 1.807) is 13.2 Å². The van der Waals surface area contributed by atoms with Crippen LogP contribution in [0.25, 0.3) is 0 Å². The van der Waals surface area contributed by atoms with Gasteiger partial charge in [-0.05, 0) is 18.1 Å². The molecule has 1 N–H and O–H groups in total. The molecule has 5 heteroatoms. The van der Waals surface area contributed by atoms with Crippen molar-refractivity contribution in [2.45, 2.75) is 19.3 Å². The maximum atomic E-state index is 5.75. The fourth-order valence-corrected chi connectivity index (χ4v) is 1.83. The van der Waals surface area contributed by atoms with Crippen LogP contribution in [0.3, 0.4) is 0 Å². The topological polar surface area (TPSA) is 47.0 Å². The van der Waals surface area contributed by atoms with Crippen LogP contribution in [0.2, 0.25) is 0 Å². The third-order valence-electron chi connectivity index (χ3n) is 2.67. The highest BCUT2D eigenvalue weighted by Crippen LogP contribution is 2.13. The first-order valence-electron chi connectivity index (χ1n) is 5.98. The molecule has 0 atom stereocenters. The van der Waals surface area contributed by atoms with Gasteiger partial charge in [0.2, 0.25) is 11.8 Å². The second-order valence-electron chi connectivity index (χ2n) is 4.18. The Morgan fingerprint density at radius 3 is 2.47 bits per heavy atom. The second kappa shape index (κ2) is 6.38. The van der Waals surface area contributed by atoms with E-state index in [1.807, 2.05) is 31.2 Å². The molecule has 2 aromatic rings. The number of nitrogens with zero attached hydrogens (tertiary/aromatic N) is 2. The average Bonchev–Trinajstić information content (AvgIpc) is 2.45. The third kappa shape index (κ3) is 3.83. The first kappa shape index (κ1) is 13.6. The van der Waals surface area contributed by atoms with Gasteiger partial charge < -0.3 is 10.1 Å². The van der Waals surface area contributed by atoms with Gasteiger partial charge in [0, 0.05) is 24.2 Å². The molecule has 0 saturated carbocycles. The molecule has 4 nitrogen and oxygen atoms in total. The fourth-order valence-electron chi connectivity index (χ4n) is 1.65. The first-order valence-corrected chi connectivity index (χ1v) is 6.52. The number of aromatic nitrogens is 2. The number of anilines is 1. The van der Waals surface area contributed by atoms with Crippen molar-refractivity contribution in [3.05, 3.63) is 47.2 Å². The van der Waals surface area contributed by atoms with Gasteiger partial charge in [-0.25, -0.2) is 4.98 Å². The lowest BCUT2D eigenvalue weighted by Gasteiger charge is -2.08. The van der Waals surface area contributed by atoms with Crippen molar-refractivity contribution < 1.29 is 4.74 Å². The minimum absolute atomic E-state index is 0.534. The van der Waals surface area contributed by atoms with Crippen LogP contribution in [0.4, 0.5) is 5.95 Å². The van der Waals surface area contributed by atoms with Crippen LogP contribution in [0, 0.1) is 6.92 Å². The lowest BCUT2D eigenvalue weighted by atomic mass is 10.1. The summed E-state index contributed by atoms with van der Waals surface area (Å²) in [5.41, 5.74) is 3.13. The van der Waals surface area contributed by atoms with Crippen molar-refractivity contribution in [1.29, 1.82) is 0 Å². The molecule has 0 saturated heterocycles. The Morgan fingerprint density at radius 1 is 1.16 bits per heavy atom. The van der Waals surface area contributed by atoms with E-state index in [2.05, 4.69) is 15.3 Å². The van der Waals surface area contributed by atoms with E-state index in [0.29, 0.717) is 24.3 Å². The van der Waals surface area contributed by atoms with Crippen LogP contribution in [0.15, 0.2) is 30.3 Å². The smallest absolute Gasteiger partial charge is 0.226 e. The molecular formula is C14H16ClN3O. The number of benzene rings is 1. The molecule has 0 aliphatic carbocycles. The lowest BCUT2D eigenvalue weighted by molar-refractivity contribution is 0.397. The number of alkyl halides is 1. The maximum absolute atomic E-state index is 5.75. The molecule has 0 radical (unpaired) electrons. The molecule has 1 aromatic heterocycles. The Hall–Kier alpha value is -1.81. The zero-order chi connectivity index (χ0) is 13.7. The monoisotopic (exact) mass is 277 g/mol. The van der Waals surface area contributed by atoms with Crippen LogP contribution >= 0.6 is 11.6 Å². The summed E-state index contributed by atoms with van der Waals surface area (Å²) in [4.78, 5) is 8.54. The van der Waals surface area contributed by atoms with E-state index < -0.39 is 0 Å². The van der Waals surface area contributed by atoms with Gasteiger partial charge in [-0.1, -0.05) is 24.3 Å². The van der Waals surface area contributed by atoms with Crippen molar-refractivity contribution in [1.82, 2.24) is 9.97 Å². The van der Waals surface area contributed by atoms with Gasteiger partial charge in [-0.15, -0.1) is 11.6 Å². The maximum Gasteiger partial charge on any atom is 0.226 e. The van der Waals surface area contributed by atoms with E-state index >= 15 is 0 Å². The van der Waals surface area contributed by atoms with Crippen molar-refractivity contribution >= 4 is 17.5 Å². The van der Waals surface area contributed by atoms with Crippen molar-refractivity contribution in [2.24, 2.45) is 0 Å². The van der Waals surface area contributed by atoms with Crippen LogP contribution < -0.4 is 10.1 Å². The Bertz CT molecular complexity index is 543. The van der Waals surface area contributed by atoms with Crippen molar-refractivity contribution in [3.63, 3.8) is 0 Å². The number of halogens is 1. The molecule has 19 heavy (non-hydrogen) atoms. The van der Waals surface area contributed by atoms with Crippen LogP contribution in [-0.4, -0.2) is 17.1 Å². The lowest BCUT2D eigenvalue weighted by Crippen LogP contribution is -2.05. The number of ether oxygens (including phenoxy) is 1. The number of methoxy groups -OCH3 is 1. The van der Waals surface area contributed by atoms with E-state index in [1.165, 1.54) is 0 Å². The Morgan fingerprint density at radius 2 is 1.84 bits per heavy atom. The van der Waals surface area contributed by atoms with E-state index in [0.717, 1.165) is 16.8 Å².